The highest BCUT2D eigenvalue weighted by Gasteiger charge is 2.35. The lowest BCUT2D eigenvalue weighted by Gasteiger charge is -2.37. The van der Waals surface area contributed by atoms with E-state index in [1.54, 1.807) is 9.80 Å². The molecule has 0 aliphatic carbocycles. The van der Waals surface area contributed by atoms with Gasteiger partial charge in [0.25, 0.3) is 5.91 Å². The van der Waals surface area contributed by atoms with E-state index in [1.165, 1.54) is 28.3 Å². The van der Waals surface area contributed by atoms with Gasteiger partial charge in [0.05, 0.1) is 12.2 Å². The Kier molecular flexibility index (Phi) is 6.29. The van der Waals surface area contributed by atoms with Crippen molar-refractivity contribution < 1.29 is 27.6 Å². The molecule has 1 aromatic carbocycles. The van der Waals surface area contributed by atoms with Gasteiger partial charge in [-0.05, 0) is 17.7 Å². The SMILES string of the molecule is O=CC1CN(C(=O)c2nc(N3CCN(C(=O)N4N=CCC4c4cc(F)cc(F)c4)CC3)ncc2F)C1. The van der Waals surface area contributed by atoms with Gasteiger partial charge < -0.3 is 19.5 Å². The summed E-state index contributed by atoms with van der Waals surface area (Å²) in [5, 5.41) is 5.33. The Morgan fingerprint density at radius 2 is 1.67 bits per heavy atom. The van der Waals surface area contributed by atoms with Gasteiger partial charge >= 0.3 is 6.03 Å². The molecule has 1 aromatic heterocycles. The molecule has 1 unspecified atom stereocenters. The summed E-state index contributed by atoms with van der Waals surface area (Å²) in [6.45, 7) is 1.63. The van der Waals surface area contributed by atoms with Gasteiger partial charge in [0.2, 0.25) is 5.95 Å². The summed E-state index contributed by atoms with van der Waals surface area (Å²) in [5.74, 6) is -3.00. The van der Waals surface area contributed by atoms with Crippen molar-refractivity contribution in [3.8, 4) is 0 Å². The van der Waals surface area contributed by atoms with Gasteiger partial charge in [-0.15, -0.1) is 0 Å². The zero-order valence-electron chi connectivity index (χ0n) is 19.1. The Balaban J connectivity index is 1.23. The first-order valence-corrected chi connectivity index (χ1v) is 11.4. The van der Waals surface area contributed by atoms with Gasteiger partial charge in [-0.2, -0.15) is 5.10 Å². The number of hydrogen-bond acceptors (Lipinski definition) is 7. The van der Waals surface area contributed by atoms with Crippen LogP contribution in [0.5, 0.6) is 0 Å². The number of aromatic nitrogens is 2. The molecule has 4 heterocycles. The molecule has 0 radical (unpaired) electrons. The van der Waals surface area contributed by atoms with E-state index in [4.69, 9.17) is 0 Å². The molecule has 2 aromatic rings. The molecule has 36 heavy (non-hydrogen) atoms. The number of rotatable bonds is 4. The predicted molar refractivity (Wildman–Crippen MR) is 121 cm³/mol. The molecule has 3 aliphatic heterocycles. The van der Waals surface area contributed by atoms with Crippen molar-refractivity contribution in [2.45, 2.75) is 12.5 Å². The third-order valence-electron chi connectivity index (χ3n) is 6.45. The second kappa shape index (κ2) is 9.55. The van der Waals surface area contributed by atoms with Crippen LogP contribution < -0.4 is 4.90 Å². The number of aldehydes is 1. The fourth-order valence-corrected chi connectivity index (χ4v) is 4.46. The highest BCUT2D eigenvalue weighted by atomic mass is 19.1. The minimum absolute atomic E-state index is 0.159. The molecular weight excluding hydrogens is 479 g/mol. The molecule has 1 atom stereocenters. The second-order valence-electron chi connectivity index (χ2n) is 8.83. The van der Waals surface area contributed by atoms with Crippen LogP contribution in [-0.4, -0.2) is 88.5 Å². The van der Waals surface area contributed by atoms with Crippen molar-refractivity contribution in [2.75, 3.05) is 44.2 Å². The summed E-state index contributed by atoms with van der Waals surface area (Å²) in [6.07, 6.45) is 3.56. The minimum atomic E-state index is -0.848. The van der Waals surface area contributed by atoms with Gasteiger partial charge in [-0.3, -0.25) is 4.79 Å². The van der Waals surface area contributed by atoms with Crippen LogP contribution in [0.25, 0.3) is 0 Å². The zero-order chi connectivity index (χ0) is 25.4. The molecule has 0 N–H and O–H groups in total. The lowest BCUT2D eigenvalue weighted by Crippen LogP contribution is -2.52. The van der Waals surface area contributed by atoms with Crippen LogP contribution in [-0.2, 0) is 4.79 Å². The first kappa shape index (κ1) is 23.7. The lowest BCUT2D eigenvalue weighted by molar-refractivity contribution is -0.114. The van der Waals surface area contributed by atoms with Crippen LogP contribution >= 0.6 is 0 Å². The number of amides is 3. The molecule has 5 rings (SSSR count). The van der Waals surface area contributed by atoms with Crippen molar-refractivity contribution in [2.24, 2.45) is 11.0 Å². The van der Waals surface area contributed by atoms with Gasteiger partial charge in [-0.25, -0.2) is 32.9 Å². The normalized spacial score (nSPS) is 20.0. The molecule has 13 heteroatoms. The molecule has 0 bridgehead atoms. The lowest BCUT2D eigenvalue weighted by atomic mass is 10.0. The number of urea groups is 1. The van der Waals surface area contributed by atoms with E-state index in [2.05, 4.69) is 15.1 Å². The van der Waals surface area contributed by atoms with Crippen molar-refractivity contribution in [3.05, 3.63) is 53.1 Å². The Morgan fingerprint density at radius 3 is 2.33 bits per heavy atom. The number of carbonyl (C=O) groups excluding carboxylic acids is 3. The number of anilines is 1. The summed E-state index contributed by atoms with van der Waals surface area (Å²) < 4.78 is 41.7. The van der Waals surface area contributed by atoms with Gasteiger partial charge in [0.1, 0.15) is 17.9 Å². The number of halogens is 3. The van der Waals surface area contributed by atoms with Crippen LogP contribution in [0.15, 0.2) is 29.5 Å². The maximum atomic E-state index is 14.3. The second-order valence-corrected chi connectivity index (χ2v) is 8.83. The van der Waals surface area contributed by atoms with Crippen LogP contribution in [0.3, 0.4) is 0 Å². The molecule has 2 fully saturated rings. The number of carbonyl (C=O) groups is 3. The summed E-state index contributed by atoms with van der Waals surface area (Å²) in [4.78, 5) is 49.2. The zero-order valence-corrected chi connectivity index (χ0v) is 19.1. The molecule has 2 saturated heterocycles. The van der Waals surface area contributed by atoms with E-state index >= 15 is 0 Å². The Bertz CT molecular complexity index is 1210. The van der Waals surface area contributed by atoms with Gasteiger partial charge in [0.15, 0.2) is 11.5 Å². The fourth-order valence-electron chi connectivity index (χ4n) is 4.46. The number of likely N-dealkylation sites (tertiary alicyclic amines) is 1. The van der Waals surface area contributed by atoms with Crippen molar-refractivity contribution >= 4 is 30.4 Å². The van der Waals surface area contributed by atoms with E-state index in [-0.39, 0.29) is 43.7 Å². The van der Waals surface area contributed by atoms with Crippen LogP contribution in [0, 0.1) is 23.4 Å². The van der Waals surface area contributed by atoms with E-state index < -0.39 is 35.4 Å². The summed E-state index contributed by atoms with van der Waals surface area (Å²) in [7, 11) is 0. The minimum Gasteiger partial charge on any atom is -0.337 e. The number of benzene rings is 1. The molecule has 0 saturated carbocycles. The van der Waals surface area contributed by atoms with Gasteiger partial charge in [0, 0.05) is 63.9 Å². The largest absolute Gasteiger partial charge is 0.341 e. The Labute approximate surface area is 204 Å². The first-order valence-electron chi connectivity index (χ1n) is 11.4. The maximum Gasteiger partial charge on any atom is 0.341 e. The average Bonchev–Trinajstić information content (AvgIpc) is 3.33. The smallest absolute Gasteiger partial charge is 0.337 e. The molecular formula is C23H22F3N7O3. The van der Waals surface area contributed by atoms with E-state index in [0.29, 0.717) is 25.1 Å². The molecule has 188 valence electrons. The van der Waals surface area contributed by atoms with Crippen LogP contribution in [0.4, 0.5) is 23.9 Å². The monoisotopic (exact) mass is 501 g/mol. The molecule has 3 amide bonds. The average molecular weight is 501 g/mol. The highest BCUT2D eigenvalue weighted by Crippen LogP contribution is 2.30. The van der Waals surface area contributed by atoms with Crippen molar-refractivity contribution in [1.29, 1.82) is 0 Å². The molecule has 3 aliphatic rings. The van der Waals surface area contributed by atoms with Crippen LogP contribution in [0.1, 0.15) is 28.5 Å². The summed E-state index contributed by atoms with van der Waals surface area (Å²) in [5.41, 5.74) is -0.0463. The first-order chi connectivity index (χ1) is 17.3. The fraction of sp³-hybridized carbons (Fsp3) is 0.391. The number of nitrogens with zero attached hydrogens (tertiary/aromatic N) is 7. The Morgan fingerprint density at radius 1 is 0.972 bits per heavy atom. The van der Waals surface area contributed by atoms with E-state index in [9.17, 15) is 27.6 Å². The predicted octanol–water partition coefficient (Wildman–Crippen LogP) is 1.84. The molecule has 0 spiro atoms. The topological polar surface area (TPSA) is 102 Å². The summed E-state index contributed by atoms with van der Waals surface area (Å²) in [6, 6.07) is 2.12. The van der Waals surface area contributed by atoms with Crippen LogP contribution in [0.2, 0.25) is 0 Å². The van der Waals surface area contributed by atoms with Crippen molar-refractivity contribution in [1.82, 2.24) is 24.8 Å². The van der Waals surface area contributed by atoms with E-state index in [0.717, 1.165) is 18.5 Å². The standard InChI is InChI=1S/C23H22F3N7O3/c24-16-7-15(8-17(25)9-16)19-1-2-28-33(19)23(36)31-5-3-30(4-6-31)22-27-10-18(26)20(29-22)21(35)32-11-14(12-32)13-34/h2,7-10,13-14,19H,1,3-6,11-12H2. The summed E-state index contributed by atoms with van der Waals surface area (Å²) >= 11 is 0. The molecule has 10 nitrogen and oxygen atoms in total. The number of hydrazone groups is 1. The van der Waals surface area contributed by atoms with Crippen molar-refractivity contribution in [3.63, 3.8) is 0 Å². The van der Waals surface area contributed by atoms with Gasteiger partial charge in [-0.1, -0.05) is 0 Å². The Hall–Kier alpha value is -4.03. The quantitative estimate of drug-likeness (QED) is 0.593. The number of hydrogen-bond donors (Lipinski definition) is 0. The number of piperazine rings is 1. The highest BCUT2D eigenvalue weighted by molar-refractivity contribution is 5.94. The van der Waals surface area contributed by atoms with E-state index in [1.807, 2.05) is 0 Å². The third kappa shape index (κ3) is 4.48. The maximum absolute atomic E-state index is 14.3. The third-order valence-corrected chi connectivity index (χ3v) is 6.45.